The fourth-order valence-electron chi connectivity index (χ4n) is 3.95. The van der Waals surface area contributed by atoms with Crippen LogP contribution in [0.3, 0.4) is 0 Å². The smallest absolute Gasteiger partial charge is 0.249 e. The minimum Gasteiger partial charge on any atom is -0.249 e. The van der Waals surface area contributed by atoms with Crippen molar-refractivity contribution in [1.82, 2.24) is 9.73 Å². The van der Waals surface area contributed by atoms with Crippen LogP contribution in [0.4, 0.5) is 17.6 Å². The van der Waals surface area contributed by atoms with Crippen molar-refractivity contribution in [3.8, 4) is 0 Å². The van der Waals surface area contributed by atoms with Crippen LogP contribution in [-0.2, 0) is 26.2 Å². The number of aliphatic imine (C=N–C) groups is 1. The molecule has 2 atom stereocenters. The Bertz CT molecular complexity index is 1660. The van der Waals surface area contributed by atoms with Gasteiger partial charge >= 0.3 is 6.18 Å². The highest BCUT2D eigenvalue weighted by atomic mass is 32.2. The number of hydrogen-bond donors (Lipinski definition) is 2. The molecule has 1 aliphatic rings. The molecule has 1 heterocycles. The fraction of sp³-hybridized carbons (Fsp3) is 0.231. The van der Waals surface area contributed by atoms with Gasteiger partial charge in [0.2, 0.25) is 16.0 Å². The number of hydrogen-bond acceptors (Lipinski definition) is 6. The lowest BCUT2D eigenvalue weighted by atomic mass is 9.91. The number of nitrogens with two attached hydrogens (primary N) is 1. The van der Waals surface area contributed by atoms with Gasteiger partial charge in [-0.2, -0.15) is 18.3 Å². The molecule has 0 aromatic heterocycles. The number of hydrazone groups is 1. The van der Waals surface area contributed by atoms with Crippen LogP contribution in [0.25, 0.3) is 0 Å². The average Bonchev–Trinajstić information content (AvgIpc) is 3.36. The molecule has 0 amide bonds. The number of benzene rings is 3. The SMILES string of the molecule is C[C@@H](C/N=C(/NS(=O)(=O)c1ccc(C(F)(F)F)cc1)N1C[C@@H](c2ccccc2)C(c2ccc(F)cc2)=N1)S(N)(=O)=O. The number of sulfonamides is 2. The van der Waals surface area contributed by atoms with E-state index < -0.39 is 60.2 Å². The third-order valence-electron chi connectivity index (χ3n) is 6.28. The molecule has 41 heavy (non-hydrogen) atoms. The maximum Gasteiger partial charge on any atom is 0.416 e. The van der Waals surface area contributed by atoms with Crippen LogP contribution in [-0.4, -0.2) is 51.9 Å². The molecular formula is C26H25F4N5O4S2. The molecule has 0 radical (unpaired) electrons. The Hall–Kier alpha value is -3.82. The molecule has 218 valence electrons. The Balaban J connectivity index is 1.75. The van der Waals surface area contributed by atoms with E-state index in [0.717, 1.165) is 17.7 Å². The largest absolute Gasteiger partial charge is 0.416 e. The summed E-state index contributed by atoms with van der Waals surface area (Å²) < 4.78 is 105. The third kappa shape index (κ3) is 7.28. The first-order valence-corrected chi connectivity index (χ1v) is 15.2. The number of nitrogens with one attached hydrogen (secondary N) is 1. The van der Waals surface area contributed by atoms with E-state index in [4.69, 9.17) is 5.14 Å². The quantitative estimate of drug-likeness (QED) is 0.239. The van der Waals surface area contributed by atoms with Crippen molar-refractivity contribution in [3.63, 3.8) is 0 Å². The van der Waals surface area contributed by atoms with Gasteiger partial charge in [-0.3, -0.25) is 0 Å². The van der Waals surface area contributed by atoms with Gasteiger partial charge < -0.3 is 0 Å². The van der Waals surface area contributed by atoms with E-state index in [1.54, 1.807) is 12.1 Å². The van der Waals surface area contributed by atoms with E-state index in [-0.39, 0.29) is 12.5 Å². The molecule has 1 aliphatic heterocycles. The van der Waals surface area contributed by atoms with Crippen molar-refractivity contribution in [2.75, 3.05) is 13.1 Å². The van der Waals surface area contributed by atoms with Gasteiger partial charge in [-0.05, 0) is 54.4 Å². The lowest BCUT2D eigenvalue weighted by Gasteiger charge is -2.20. The molecule has 0 fully saturated rings. The highest BCUT2D eigenvalue weighted by Gasteiger charge is 2.34. The summed E-state index contributed by atoms with van der Waals surface area (Å²) in [5.74, 6) is -1.28. The number of alkyl halides is 3. The number of rotatable bonds is 7. The third-order valence-corrected chi connectivity index (χ3v) is 8.89. The molecule has 0 spiro atoms. The van der Waals surface area contributed by atoms with Gasteiger partial charge in [-0.25, -0.2) is 41.1 Å². The van der Waals surface area contributed by atoms with Crippen LogP contribution in [0.2, 0.25) is 0 Å². The Kier molecular flexibility index (Phi) is 8.52. The minimum atomic E-state index is -4.67. The first-order valence-electron chi connectivity index (χ1n) is 12.1. The lowest BCUT2D eigenvalue weighted by molar-refractivity contribution is -0.137. The van der Waals surface area contributed by atoms with Crippen LogP contribution in [0.1, 0.15) is 29.5 Å². The summed E-state index contributed by atoms with van der Waals surface area (Å²) in [5, 5.41) is 9.77. The summed E-state index contributed by atoms with van der Waals surface area (Å²) >= 11 is 0. The molecule has 0 unspecified atom stereocenters. The van der Waals surface area contributed by atoms with E-state index >= 15 is 0 Å². The summed E-state index contributed by atoms with van der Waals surface area (Å²) in [6.45, 7) is 0.886. The van der Waals surface area contributed by atoms with Crippen molar-refractivity contribution in [1.29, 1.82) is 0 Å². The number of nitrogens with zero attached hydrogens (tertiary/aromatic N) is 3. The van der Waals surface area contributed by atoms with Crippen molar-refractivity contribution in [2.45, 2.75) is 29.2 Å². The zero-order valence-electron chi connectivity index (χ0n) is 21.5. The van der Waals surface area contributed by atoms with Crippen molar-refractivity contribution in [3.05, 3.63) is 101 Å². The van der Waals surface area contributed by atoms with Crippen molar-refractivity contribution in [2.24, 2.45) is 15.2 Å². The van der Waals surface area contributed by atoms with Gasteiger partial charge in [0.15, 0.2) is 0 Å². The fourth-order valence-corrected chi connectivity index (χ4v) is 5.25. The van der Waals surface area contributed by atoms with E-state index in [1.807, 2.05) is 18.2 Å². The minimum absolute atomic E-state index is 0.0504. The van der Waals surface area contributed by atoms with E-state index in [9.17, 15) is 34.4 Å². The number of guanidine groups is 1. The van der Waals surface area contributed by atoms with Crippen LogP contribution in [0, 0.1) is 5.82 Å². The predicted octanol–water partition coefficient (Wildman–Crippen LogP) is 3.66. The summed E-state index contributed by atoms with van der Waals surface area (Å²) in [7, 11) is -8.53. The second kappa shape index (κ2) is 11.6. The average molecular weight is 612 g/mol. The second-order valence-corrected chi connectivity index (χ2v) is 12.9. The molecule has 3 N–H and O–H groups in total. The van der Waals surface area contributed by atoms with Crippen LogP contribution < -0.4 is 9.86 Å². The summed E-state index contributed by atoms with van der Waals surface area (Å²) in [6, 6.07) is 17.4. The van der Waals surface area contributed by atoms with Crippen LogP contribution in [0.5, 0.6) is 0 Å². The van der Waals surface area contributed by atoms with Gasteiger partial charge in [0.05, 0.1) is 34.5 Å². The zero-order valence-corrected chi connectivity index (χ0v) is 23.1. The molecule has 0 saturated heterocycles. The molecule has 0 bridgehead atoms. The highest BCUT2D eigenvalue weighted by Crippen LogP contribution is 2.31. The Morgan fingerprint density at radius 1 is 1.02 bits per heavy atom. The second-order valence-electron chi connectivity index (χ2n) is 9.23. The topological polar surface area (TPSA) is 134 Å². The van der Waals surface area contributed by atoms with Crippen LogP contribution in [0.15, 0.2) is 93.9 Å². The molecule has 4 rings (SSSR count). The molecule has 9 nitrogen and oxygen atoms in total. The van der Waals surface area contributed by atoms with Gasteiger partial charge in [0, 0.05) is 5.92 Å². The molecular weight excluding hydrogens is 586 g/mol. The summed E-state index contributed by atoms with van der Waals surface area (Å²) in [4.78, 5) is 3.67. The normalized spacial score (nSPS) is 17.3. The first-order chi connectivity index (χ1) is 19.1. The molecule has 3 aromatic carbocycles. The van der Waals surface area contributed by atoms with Gasteiger partial charge in [-0.1, -0.05) is 42.5 Å². The molecule has 15 heteroatoms. The standard InChI is InChI=1S/C26H25F4N5O4S2/c1-17(40(31,36)37)15-32-25(34-41(38,39)22-13-9-20(10-14-22)26(28,29)30)35-16-23(18-5-3-2-4-6-18)24(33-35)19-7-11-21(27)12-8-19/h2-14,17,23H,15-16H2,1H3,(H,32,34)(H2,31,36,37)/t17-,23-/m0/s1. The monoisotopic (exact) mass is 611 g/mol. The van der Waals surface area contributed by atoms with E-state index in [1.165, 1.54) is 36.2 Å². The Labute approximate surface area is 234 Å². The predicted molar refractivity (Wildman–Crippen MR) is 145 cm³/mol. The highest BCUT2D eigenvalue weighted by molar-refractivity contribution is 7.90. The van der Waals surface area contributed by atoms with E-state index in [2.05, 4.69) is 14.8 Å². The summed E-state index contributed by atoms with van der Waals surface area (Å²) in [6.07, 6.45) is -4.67. The zero-order chi connectivity index (χ0) is 30.0. The molecule has 0 aliphatic carbocycles. The lowest BCUT2D eigenvalue weighted by Crippen LogP contribution is -2.42. The van der Waals surface area contributed by atoms with Gasteiger partial charge in [0.25, 0.3) is 10.0 Å². The van der Waals surface area contributed by atoms with Crippen LogP contribution >= 0.6 is 0 Å². The number of halogens is 4. The Morgan fingerprint density at radius 3 is 2.20 bits per heavy atom. The van der Waals surface area contributed by atoms with Crippen molar-refractivity contribution < 1.29 is 34.4 Å². The van der Waals surface area contributed by atoms with Gasteiger partial charge in [0.1, 0.15) is 5.82 Å². The first kappa shape index (κ1) is 30.1. The molecule has 0 saturated carbocycles. The summed E-state index contributed by atoms with van der Waals surface area (Å²) in [5.41, 5.74) is 0.773. The maximum absolute atomic E-state index is 13.6. The maximum atomic E-state index is 13.6. The molecule has 3 aromatic rings. The van der Waals surface area contributed by atoms with Gasteiger partial charge in [-0.15, -0.1) is 0 Å². The Morgan fingerprint density at radius 2 is 1.63 bits per heavy atom. The number of primary sulfonamides is 1. The van der Waals surface area contributed by atoms with Crippen molar-refractivity contribution >= 4 is 31.7 Å². The van der Waals surface area contributed by atoms with E-state index in [0.29, 0.717) is 23.4 Å².